The molecule has 2 rings (SSSR count). The highest BCUT2D eigenvalue weighted by Gasteiger charge is 2.33. The SMILES string of the molecule is CNC(=O)NC(=O)[C@H](c1ccccc1)[NH+]1CCOCC1. The smallest absolute Gasteiger partial charge is 0.321 e. The predicted octanol–water partition coefficient (Wildman–Crippen LogP) is -0.902. The number of nitrogens with one attached hydrogen (secondary N) is 3. The Bertz CT molecular complexity index is 458. The molecule has 20 heavy (non-hydrogen) atoms. The van der Waals surface area contributed by atoms with Crippen molar-refractivity contribution in [2.45, 2.75) is 6.04 Å². The highest BCUT2D eigenvalue weighted by atomic mass is 16.5. The lowest BCUT2D eigenvalue weighted by Gasteiger charge is -2.30. The van der Waals surface area contributed by atoms with Gasteiger partial charge in [-0.05, 0) is 0 Å². The van der Waals surface area contributed by atoms with Gasteiger partial charge in [-0.25, -0.2) is 4.79 Å². The lowest BCUT2D eigenvalue weighted by Crippen LogP contribution is -3.15. The Labute approximate surface area is 118 Å². The van der Waals surface area contributed by atoms with Crippen LogP contribution < -0.4 is 15.5 Å². The van der Waals surface area contributed by atoms with Gasteiger partial charge >= 0.3 is 6.03 Å². The van der Waals surface area contributed by atoms with Crippen molar-refractivity contribution in [3.63, 3.8) is 0 Å². The molecule has 3 amide bonds. The fourth-order valence-electron chi connectivity index (χ4n) is 2.39. The summed E-state index contributed by atoms with van der Waals surface area (Å²) in [6, 6.07) is 8.66. The van der Waals surface area contributed by atoms with Gasteiger partial charge < -0.3 is 15.0 Å². The molecule has 1 heterocycles. The second-order valence-electron chi connectivity index (χ2n) is 4.68. The summed E-state index contributed by atoms with van der Waals surface area (Å²) in [7, 11) is 1.49. The highest BCUT2D eigenvalue weighted by molar-refractivity contribution is 5.96. The largest absolute Gasteiger partial charge is 0.370 e. The number of imide groups is 1. The first-order chi connectivity index (χ1) is 9.72. The molecule has 0 radical (unpaired) electrons. The Hall–Kier alpha value is -1.92. The number of morpholine rings is 1. The lowest BCUT2D eigenvalue weighted by molar-refractivity contribution is -0.929. The van der Waals surface area contributed by atoms with Crippen molar-refractivity contribution < 1.29 is 19.2 Å². The van der Waals surface area contributed by atoms with Gasteiger partial charge in [0, 0.05) is 12.6 Å². The van der Waals surface area contributed by atoms with E-state index in [-0.39, 0.29) is 5.91 Å². The van der Waals surface area contributed by atoms with E-state index >= 15 is 0 Å². The summed E-state index contributed by atoms with van der Waals surface area (Å²) in [4.78, 5) is 24.9. The van der Waals surface area contributed by atoms with Crippen LogP contribution in [0.2, 0.25) is 0 Å². The highest BCUT2D eigenvalue weighted by Crippen LogP contribution is 2.10. The first-order valence-corrected chi connectivity index (χ1v) is 6.72. The van der Waals surface area contributed by atoms with Gasteiger partial charge in [0.15, 0.2) is 6.04 Å². The van der Waals surface area contributed by atoms with Crippen molar-refractivity contribution in [2.75, 3.05) is 33.4 Å². The van der Waals surface area contributed by atoms with Crippen molar-refractivity contribution in [2.24, 2.45) is 0 Å². The molecule has 108 valence electrons. The van der Waals surface area contributed by atoms with Gasteiger partial charge in [0.25, 0.3) is 5.91 Å². The Morgan fingerprint density at radius 3 is 2.45 bits per heavy atom. The maximum atomic E-state index is 12.4. The first-order valence-electron chi connectivity index (χ1n) is 6.72. The molecule has 1 atom stereocenters. The van der Waals surface area contributed by atoms with Crippen LogP contribution in [0.4, 0.5) is 4.79 Å². The van der Waals surface area contributed by atoms with E-state index in [4.69, 9.17) is 4.74 Å². The third-order valence-electron chi connectivity index (χ3n) is 3.40. The number of carbonyl (C=O) groups excluding carboxylic acids is 2. The van der Waals surface area contributed by atoms with Gasteiger partial charge in [-0.3, -0.25) is 10.1 Å². The molecule has 0 bridgehead atoms. The molecule has 1 saturated heterocycles. The summed E-state index contributed by atoms with van der Waals surface area (Å²) in [6.45, 7) is 2.76. The van der Waals surface area contributed by atoms with Gasteiger partial charge in [0.2, 0.25) is 0 Å². The van der Waals surface area contributed by atoms with Crippen molar-refractivity contribution in [1.82, 2.24) is 10.6 Å². The van der Waals surface area contributed by atoms with E-state index in [0.717, 1.165) is 23.6 Å². The molecule has 1 fully saturated rings. The number of ether oxygens (including phenoxy) is 1. The zero-order valence-electron chi connectivity index (χ0n) is 11.5. The molecule has 0 unspecified atom stereocenters. The van der Waals surface area contributed by atoms with Gasteiger partial charge in [-0.15, -0.1) is 0 Å². The minimum absolute atomic E-state index is 0.285. The van der Waals surface area contributed by atoms with E-state index in [2.05, 4.69) is 10.6 Å². The third-order valence-corrected chi connectivity index (χ3v) is 3.40. The summed E-state index contributed by atoms with van der Waals surface area (Å²) >= 11 is 0. The molecule has 6 nitrogen and oxygen atoms in total. The van der Waals surface area contributed by atoms with E-state index in [9.17, 15) is 9.59 Å². The van der Waals surface area contributed by atoms with Crippen molar-refractivity contribution in [3.8, 4) is 0 Å². The molecule has 0 saturated carbocycles. The van der Waals surface area contributed by atoms with Crippen LogP contribution in [0.5, 0.6) is 0 Å². The third kappa shape index (κ3) is 3.55. The quantitative estimate of drug-likeness (QED) is 0.671. The number of amides is 3. The van der Waals surface area contributed by atoms with E-state index in [1.807, 2.05) is 30.3 Å². The molecule has 6 heteroatoms. The minimum atomic E-state index is -0.483. The molecule has 0 aromatic heterocycles. The van der Waals surface area contributed by atoms with Gasteiger partial charge in [-0.2, -0.15) is 0 Å². The molecule has 0 aliphatic carbocycles. The second kappa shape index (κ2) is 7.02. The molecular weight excluding hydrogens is 258 g/mol. The van der Waals surface area contributed by atoms with Gasteiger partial charge in [0.1, 0.15) is 13.1 Å². The maximum Gasteiger partial charge on any atom is 0.321 e. The lowest BCUT2D eigenvalue weighted by atomic mass is 10.0. The minimum Gasteiger partial charge on any atom is -0.370 e. The Kier molecular flexibility index (Phi) is 5.09. The predicted molar refractivity (Wildman–Crippen MR) is 73.3 cm³/mol. The molecule has 1 aromatic rings. The fourth-order valence-corrected chi connectivity index (χ4v) is 2.39. The number of carbonyl (C=O) groups is 2. The van der Waals surface area contributed by atoms with Crippen LogP contribution in [0.1, 0.15) is 11.6 Å². The number of urea groups is 1. The number of quaternary nitrogens is 1. The summed E-state index contributed by atoms with van der Waals surface area (Å²) in [5.41, 5.74) is 0.908. The Balaban J connectivity index is 2.19. The first kappa shape index (κ1) is 14.5. The zero-order chi connectivity index (χ0) is 14.4. The maximum absolute atomic E-state index is 12.4. The monoisotopic (exact) mass is 278 g/mol. The molecule has 1 aliphatic rings. The topological polar surface area (TPSA) is 71.9 Å². The summed E-state index contributed by atoms with van der Waals surface area (Å²) in [5, 5.41) is 4.78. The average molecular weight is 278 g/mol. The summed E-state index contributed by atoms with van der Waals surface area (Å²) < 4.78 is 5.34. The van der Waals surface area contributed by atoms with Crippen molar-refractivity contribution in [1.29, 1.82) is 0 Å². The second-order valence-corrected chi connectivity index (χ2v) is 4.68. The van der Waals surface area contributed by atoms with Crippen molar-refractivity contribution >= 4 is 11.9 Å². The molecule has 3 N–H and O–H groups in total. The van der Waals surface area contributed by atoms with Crippen LogP contribution in [0, 0.1) is 0 Å². The van der Waals surface area contributed by atoms with E-state index in [1.54, 1.807) is 0 Å². The van der Waals surface area contributed by atoms with Crippen LogP contribution >= 0.6 is 0 Å². The summed E-state index contributed by atoms with van der Waals surface area (Å²) in [5.74, 6) is -0.285. The van der Waals surface area contributed by atoms with Gasteiger partial charge in [-0.1, -0.05) is 30.3 Å². The Morgan fingerprint density at radius 1 is 1.20 bits per heavy atom. The van der Waals surface area contributed by atoms with E-state index < -0.39 is 12.1 Å². The van der Waals surface area contributed by atoms with Crippen LogP contribution in [-0.4, -0.2) is 45.3 Å². The number of hydrogen-bond acceptors (Lipinski definition) is 3. The molecule has 1 aromatic carbocycles. The van der Waals surface area contributed by atoms with Crippen LogP contribution in [0.25, 0.3) is 0 Å². The zero-order valence-corrected chi connectivity index (χ0v) is 11.5. The number of rotatable bonds is 3. The van der Waals surface area contributed by atoms with E-state index in [0.29, 0.717) is 13.2 Å². The van der Waals surface area contributed by atoms with Crippen LogP contribution in [0.3, 0.4) is 0 Å². The number of hydrogen-bond donors (Lipinski definition) is 3. The van der Waals surface area contributed by atoms with E-state index in [1.165, 1.54) is 7.05 Å². The van der Waals surface area contributed by atoms with Crippen LogP contribution in [0.15, 0.2) is 30.3 Å². The Morgan fingerprint density at radius 2 is 1.85 bits per heavy atom. The summed E-state index contributed by atoms with van der Waals surface area (Å²) in [6.07, 6.45) is 0. The molecule has 1 aliphatic heterocycles. The number of benzene rings is 1. The normalized spacial score (nSPS) is 17.2. The average Bonchev–Trinajstić information content (AvgIpc) is 2.49. The van der Waals surface area contributed by atoms with Gasteiger partial charge in [0.05, 0.1) is 13.2 Å². The van der Waals surface area contributed by atoms with Crippen LogP contribution in [-0.2, 0) is 9.53 Å². The molecular formula is C14H20N3O3+. The fraction of sp³-hybridized carbons (Fsp3) is 0.429. The van der Waals surface area contributed by atoms with Crippen molar-refractivity contribution in [3.05, 3.63) is 35.9 Å². The molecule has 0 spiro atoms. The standard InChI is InChI=1S/C14H19N3O3/c1-15-14(19)16-13(18)12(11-5-3-2-4-6-11)17-7-9-20-10-8-17/h2-6,12H,7-10H2,1H3,(H2,15,16,18,19)/p+1/t12-/m0/s1.